The summed E-state index contributed by atoms with van der Waals surface area (Å²) in [4.78, 5) is 25.2. The zero-order valence-corrected chi connectivity index (χ0v) is 13.7. The number of anilines is 1. The van der Waals surface area contributed by atoms with Crippen molar-refractivity contribution in [1.29, 1.82) is 0 Å². The number of methoxy groups -OCH3 is 2. The minimum absolute atomic E-state index is 0.194. The highest BCUT2D eigenvalue weighted by molar-refractivity contribution is 6.26. The van der Waals surface area contributed by atoms with E-state index in [0.717, 1.165) is 5.56 Å². The lowest BCUT2D eigenvalue weighted by Crippen LogP contribution is -2.22. The number of ketones is 2. The molecule has 0 spiro atoms. The van der Waals surface area contributed by atoms with Crippen molar-refractivity contribution >= 4 is 17.3 Å². The van der Waals surface area contributed by atoms with Crippen LogP contribution in [0.2, 0.25) is 0 Å². The molecule has 5 nitrogen and oxygen atoms in total. The maximum atomic E-state index is 12.8. The van der Waals surface area contributed by atoms with Crippen LogP contribution in [0, 0.1) is 6.92 Å². The van der Waals surface area contributed by atoms with E-state index in [0.29, 0.717) is 22.7 Å². The van der Waals surface area contributed by atoms with Gasteiger partial charge in [0.05, 0.1) is 31.2 Å². The second kappa shape index (κ2) is 6.20. The van der Waals surface area contributed by atoms with E-state index in [9.17, 15) is 9.59 Å². The molecular formula is C19H17NO4. The second-order valence-corrected chi connectivity index (χ2v) is 5.46. The van der Waals surface area contributed by atoms with E-state index in [1.54, 1.807) is 25.3 Å². The Morgan fingerprint density at radius 1 is 0.958 bits per heavy atom. The zero-order chi connectivity index (χ0) is 17.3. The Kier molecular flexibility index (Phi) is 4.08. The van der Waals surface area contributed by atoms with Crippen molar-refractivity contribution in [1.82, 2.24) is 0 Å². The smallest absolute Gasteiger partial charge is 0.213 e. The highest BCUT2D eigenvalue weighted by Crippen LogP contribution is 2.32. The fraction of sp³-hybridized carbons (Fsp3) is 0.158. The van der Waals surface area contributed by atoms with Crippen LogP contribution in [-0.4, -0.2) is 25.8 Å². The van der Waals surface area contributed by atoms with Gasteiger partial charge in [-0.2, -0.15) is 0 Å². The number of rotatable bonds is 4. The average Bonchev–Trinajstić information content (AvgIpc) is 2.60. The standard InChI is InChI=1S/C19H17NO4/c1-11-7-8-13(17(9-11)24-3)20-14-10-15(21)12-5-4-6-16(23-2)18(12)19(14)22/h4-10,20H,1-3H3. The van der Waals surface area contributed by atoms with E-state index in [1.807, 2.05) is 25.1 Å². The van der Waals surface area contributed by atoms with Gasteiger partial charge in [0.2, 0.25) is 5.78 Å². The predicted octanol–water partition coefficient (Wildman–Crippen LogP) is 3.39. The third-order valence-corrected chi connectivity index (χ3v) is 3.89. The Morgan fingerprint density at radius 3 is 2.42 bits per heavy atom. The minimum Gasteiger partial charge on any atom is -0.496 e. The first-order valence-corrected chi connectivity index (χ1v) is 7.44. The third-order valence-electron chi connectivity index (χ3n) is 3.89. The number of Topliss-reactive ketones (excluding diaryl/α,β-unsaturated/α-hetero) is 1. The number of hydrogen-bond acceptors (Lipinski definition) is 5. The Labute approximate surface area is 139 Å². The molecule has 0 bridgehead atoms. The van der Waals surface area contributed by atoms with Gasteiger partial charge in [0.15, 0.2) is 5.78 Å². The first kappa shape index (κ1) is 15.8. The number of carbonyl (C=O) groups is 2. The summed E-state index contributed by atoms with van der Waals surface area (Å²) in [5, 5.41) is 3.01. The Hall–Kier alpha value is -3.08. The normalized spacial score (nSPS) is 13.2. The number of ether oxygens (including phenoxy) is 2. The second-order valence-electron chi connectivity index (χ2n) is 5.46. The Balaban J connectivity index is 2.02. The molecule has 1 N–H and O–H groups in total. The average molecular weight is 323 g/mol. The van der Waals surface area contributed by atoms with Gasteiger partial charge in [-0.1, -0.05) is 18.2 Å². The van der Waals surface area contributed by atoms with Gasteiger partial charge in [0.25, 0.3) is 0 Å². The van der Waals surface area contributed by atoms with E-state index >= 15 is 0 Å². The molecule has 0 aromatic heterocycles. The number of allylic oxidation sites excluding steroid dienone is 2. The van der Waals surface area contributed by atoms with Gasteiger partial charge in [0.1, 0.15) is 11.5 Å². The topological polar surface area (TPSA) is 64.6 Å². The van der Waals surface area contributed by atoms with E-state index in [-0.39, 0.29) is 22.8 Å². The number of nitrogens with one attached hydrogen (secondary N) is 1. The molecule has 0 radical (unpaired) electrons. The molecule has 0 saturated carbocycles. The number of aryl methyl sites for hydroxylation is 1. The molecule has 0 fully saturated rings. The maximum Gasteiger partial charge on any atom is 0.213 e. The fourth-order valence-electron chi connectivity index (χ4n) is 2.69. The van der Waals surface area contributed by atoms with Gasteiger partial charge in [0, 0.05) is 11.6 Å². The summed E-state index contributed by atoms with van der Waals surface area (Å²) >= 11 is 0. The molecule has 0 atom stereocenters. The lowest BCUT2D eigenvalue weighted by atomic mass is 9.91. The van der Waals surface area contributed by atoms with Crippen molar-refractivity contribution in [2.75, 3.05) is 19.5 Å². The zero-order valence-electron chi connectivity index (χ0n) is 13.7. The predicted molar refractivity (Wildman–Crippen MR) is 91.1 cm³/mol. The number of fused-ring (bicyclic) bond motifs is 1. The Morgan fingerprint density at radius 2 is 1.71 bits per heavy atom. The first-order valence-electron chi connectivity index (χ1n) is 7.44. The molecular weight excluding hydrogens is 306 g/mol. The molecule has 0 heterocycles. The lowest BCUT2D eigenvalue weighted by molar-refractivity contribution is 0.0982. The minimum atomic E-state index is -0.287. The lowest BCUT2D eigenvalue weighted by Gasteiger charge is -2.19. The van der Waals surface area contributed by atoms with Gasteiger partial charge >= 0.3 is 0 Å². The first-order chi connectivity index (χ1) is 11.5. The van der Waals surface area contributed by atoms with Crippen molar-refractivity contribution in [3.8, 4) is 11.5 Å². The van der Waals surface area contributed by atoms with Crippen LogP contribution in [0.4, 0.5) is 5.69 Å². The van der Waals surface area contributed by atoms with Crippen LogP contribution >= 0.6 is 0 Å². The molecule has 0 amide bonds. The van der Waals surface area contributed by atoms with E-state index in [1.165, 1.54) is 13.2 Å². The molecule has 2 aromatic carbocycles. The molecule has 122 valence electrons. The van der Waals surface area contributed by atoms with Crippen molar-refractivity contribution in [3.63, 3.8) is 0 Å². The maximum absolute atomic E-state index is 12.8. The van der Waals surface area contributed by atoms with Crippen LogP contribution in [0.3, 0.4) is 0 Å². The summed E-state index contributed by atoms with van der Waals surface area (Å²) in [5.74, 6) is 0.456. The summed E-state index contributed by atoms with van der Waals surface area (Å²) in [6.45, 7) is 1.95. The summed E-state index contributed by atoms with van der Waals surface area (Å²) < 4.78 is 10.6. The van der Waals surface area contributed by atoms with Gasteiger partial charge < -0.3 is 14.8 Å². The molecule has 1 aliphatic carbocycles. The summed E-state index contributed by atoms with van der Waals surface area (Å²) in [6, 6.07) is 10.5. The molecule has 0 unspecified atom stereocenters. The largest absolute Gasteiger partial charge is 0.496 e. The third kappa shape index (κ3) is 2.65. The SMILES string of the molecule is COc1cc(C)ccc1NC1=CC(=O)c2cccc(OC)c2C1=O. The fourth-order valence-corrected chi connectivity index (χ4v) is 2.69. The highest BCUT2D eigenvalue weighted by Gasteiger charge is 2.29. The molecule has 0 saturated heterocycles. The van der Waals surface area contributed by atoms with Crippen LogP contribution < -0.4 is 14.8 Å². The van der Waals surface area contributed by atoms with Crippen LogP contribution in [-0.2, 0) is 0 Å². The van der Waals surface area contributed by atoms with Crippen molar-refractivity contribution in [2.45, 2.75) is 6.92 Å². The Bertz CT molecular complexity index is 868. The van der Waals surface area contributed by atoms with Crippen LogP contribution in [0.5, 0.6) is 11.5 Å². The number of carbonyl (C=O) groups excluding carboxylic acids is 2. The van der Waals surface area contributed by atoms with Crippen molar-refractivity contribution < 1.29 is 19.1 Å². The van der Waals surface area contributed by atoms with Crippen LogP contribution in [0.1, 0.15) is 26.3 Å². The molecule has 3 rings (SSSR count). The van der Waals surface area contributed by atoms with Crippen LogP contribution in [0.15, 0.2) is 48.2 Å². The summed E-state index contributed by atoms with van der Waals surface area (Å²) in [7, 11) is 3.03. The monoisotopic (exact) mass is 323 g/mol. The van der Waals surface area contributed by atoms with Crippen LogP contribution in [0.25, 0.3) is 0 Å². The quantitative estimate of drug-likeness (QED) is 0.934. The molecule has 0 aliphatic heterocycles. The summed E-state index contributed by atoms with van der Waals surface area (Å²) in [5.41, 5.74) is 2.47. The van der Waals surface area contributed by atoms with Gasteiger partial charge in [-0.3, -0.25) is 9.59 Å². The van der Waals surface area contributed by atoms with E-state index in [2.05, 4.69) is 5.32 Å². The summed E-state index contributed by atoms with van der Waals surface area (Å²) in [6.07, 6.45) is 1.31. The van der Waals surface area contributed by atoms with Crippen molar-refractivity contribution in [3.05, 3.63) is 64.9 Å². The van der Waals surface area contributed by atoms with Gasteiger partial charge in [-0.05, 0) is 30.7 Å². The van der Waals surface area contributed by atoms with E-state index < -0.39 is 0 Å². The van der Waals surface area contributed by atoms with Crippen molar-refractivity contribution in [2.24, 2.45) is 0 Å². The number of hydrogen-bond donors (Lipinski definition) is 1. The highest BCUT2D eigenvalue weighted by atomic mass is 16.5. The van der Waals surface area contributed by atoms with Gasteiger partial charge in [-0.25, -0.2) is 0 Å². The van der Waals surface area contributed by atoms with Gasteiger partial charge in [-0.15, -0.1) is 0 Å². The van der Waals surface area contributed by atoms with E-state index in [4.69, 9.17) is 9.47 Å². The molecule has 1 aliphatic rings. The molecule has 2 aromatic rings. The molecule has 5 heteroatoms. The molecule has 24 heavy (non-hydrogen) atoms. The number of benzene rings is 2.